The summed E-state index contributed by atoms with van der Waals surface area (Å²) in [6.45, 7) is 0. The third-order valence-electron chi connectivity index (χ3n) is 13.1. The maximum atomic E-state index is 2.49. The topological polar surface area (TPSA) is 3.24 Å². The van der Waals surface area contributed by atoms with Gasteiger partial charge in [-0.15, -0.1) is 0 Å². The molecule has 0 unspecified atom stereocenters. The summed E-state index contributed by atoms with van der Waals surface area (Å²) in [7, 11) is 0. The zero-order valence-electron chi connectivity index (χ0n) is 34.1. The smallest absolute Gasteiger partial charge is 0.0725 e. The second kappa shape index (κ2) is 14.6. The Kier molecular flexibility index (Phi) is 8.47. The summed E-state index contributed by atoms with van der Waals surface area (Å²) < 4.78 is 0. The Balaban J connectivity index is 1.03. The van der Waals surface area contributed by atoms with Crippen LogP contribution < -0.4 is 4.90 Å². The molecule has 1 heteroatoms. The highest BCUT2D eigenvalue weighted by Gasteiger charge is 2.49. The fraction of sp³-hybridized carbons (Fsp3) is 0.0164. The molecular weight excluding hydrogens is 747 g/mol. The highest BCUT2D eigenvalue weighted by Crippen LogP contribution is 2.61. The van der Waals surface area contributed by atoms with Gasteiger partial charge in [0.2, 0.25) is 0 Å². The van der Waals surface area contributed by atoms with E-state index in [1.54, 1.807) is 0 Å². The minimum atomic E-state index is -0.529. The van der Waals surface area contributed by atoms with Crippen molar-refractivity contribution in [2.24, 2.45) is 0 Å². The summed E-state index contributed by atoms with van der Waals surface area (Å²) in [6, 6.07) is 91.6. The molecule has 10 aromatic rings. The Labute approximate surface area is 363 Å². The van der Waals surface area contributed by atoms with Gasteiger partial charge in [-0.2, -0.15) is 0 Å². The number of fused-ring (bicyclic) bond motifs is 12. The molecule has 0 bridgehead atoms. The number of benzene rings is 10. The number of hydrogen-bond donors (Lipinski definition) is 0. The normalized spacial score (nSPS) is 12.6. The summed E-state index contributed by atoms with van der Waals surface area (Å²) in [6.07, 6.45) is 0. The van der Waals surface area contributed by atoms with Crippen molar-refractivity contribution in [3.05, 3.63) is 271 Å². The summed E-state index contributed by atoms with van der Waals surface area (Å²) in [5, 5.41) is 0. The first-order valence-corrected chi connectivity index (χ1v) is 21.5. The average molecular weight is 788 g/mol. The van der Waals surface area contributed by atoms with Crippen molar-refractivity contribution in [3.63, 3.8) is 0 Å². The lowest BCUT2D eigenvalue weighted by Gasteiger charge is -2.35. The molecule has 2 aliphatic carbocycles. The van der Waals surface area contributed by atoms with Crippen LogP contribution >= 0.6 is 0 Å². The molecule has 0 saturated heterocycles. The van der Waals surface area contributed by atoms with Crippen LogP contribution in [0.4, 0.5) is 17.1 Å². The van der Waals surface area contributed by atoms with E-state index in [0.29, 0.717) is 0 Å². The van der Waals surface area contributed by atoms with Crippen LogP contribution in [0.15, 0.2) is 249 Å². The average Bonchev–Trinajstić information content (AvgIpc) is 3.59. The molecule has 1 spiro atoms. The Hall–Kier alpha value is -8.00. The molecule has 0 radical (unpaired) electrons. The predicted molar refractivity (Wildman–Crippen MR) is 259 cm³/mol. The van der Waals surface area contributed by atoms with Crippen LogP contribution in [0.3, 0.4) is 0 Å². The first kappa shape index (κ1) is 35.9. The van der Waals surface area contributed by atoms with Crippen LogP contribution in [-0.2, 0) is 5.41 Å². The first-order valence-electron chi connectivity index (χ1n) is 21.5. The monoisotopic (exact) mass is 787 g/mol. The van der Waals surface area contributed by atoms with Crippen LogP contribution in [0.2, 0.25) is 0 Å². The first-order chi connectivity index (χ1) is 30.8. The van der Waals surface area contributed by atoms with Crippen molar-refractivity contribution >= 4 is 17.1 Å². The fourth-order valence-corrected chi connectivity index (χ4v) is 10.4. The van der Waals surface area contributed by atoms with Gasteiger partial charge in [0.15, 0.2) is 0 Å². The molecule has 2 aliphatic rings. The van der Waals surface area contributed by atoms with Gasteiger partial charge >= 0.3 is 0 Å². The molecule has 1 nitrogen and oxygen atoms in total. The molecule has 12 rings (SSSR count). The lowest BCUT2D eigenvalue weighted by Crippen LogP contribution is -2.29. The molecule has 0 fully saturated rings. The van der Waals surface area contributed by atoms with Crippen molar-refractivity contribution < 1.29 is 0 Å². The van der Waals surface area contributed by atoms with Crippen molar-refractivity contribution in [1.82, 2.24) is 0 Å². The second-order valence-corrected chi connectivity index (χ2v) is 16.4. The molecule has 0 saturated carbocycles. The van der Waals surface area contributed by atoms with E-state index in [4.69, 9.17) is 0 Å². The van der Waals surface area contributed by atoms with E-state index in [2.05, 4.69) is 254 Å². The Bertz CT molecular complexity index is 3120. The highest BCUT2D eigenvalue weighted by molar-refractivity contribution is 5.98. The van der Waals surface area contributed by atoms with Gasteiger partial charge in [-0.05, 0) is 131 Å². The predicted octanol–water partition coefficient (Wildman–Crippen LogP) is 16.2. The second-order valence-electron chi connectivity index (χ2n) is 16.4. The molecule has 0 amide bonds. The van der Waals surface area contributed by atoms with Gasteiger partial charge in [-0.25, -0.2) is 0 Å². The Morgan fingerprint density at radius 3 is 1.06 bits per heavy atom. The Morgan fingerprint density at radius 1 is 0.210 bits per heavy atom. The summed E-state index contributed by atoms with van der Waals surface area (Å²) in [5.74, 6) is 0. The zero-order chi connectivity index (χ0) is 41.0. The van der Waals surface area contributed by atoms with E-state index in [9.17, 15) is 0 Å². The largest absolute Gasteiger partial charge is 0.310 e. The van der Waals surface area contributed by atoms with Crippen LogP contribution in [0, 0.1) is 0 Å². The van der Waals surface area contributed by atoms with Crippen LogP contribution in [0.25, 0.3) is 66.8 Å². The minimum absolute atomic E-state index is 0.529. The molecule has 0 heterocycles. The van der Waals surface area contributed by atoms with Gasteiger partial charge in [0, 0.05) is 17.1 Å². The van der Waals surface area contributed by atoms with Crippen molar-refractivity contribution in [2.45, 2.75) is 5.41 Å². The van der Waals surface area contributed by atoms with E-state index in [0.717, 1.165) is 17.1 Å². The number of anilines is 3. The Morgan fingerprint density at radius 2 is 0.565 bits per heavy atom. The third kappa shape index (κ3) is 5.63. The summed E-state index contributed by atoms with van der Waals surface area (Å²) in [4.78, 5) is 2.38. The molecule has 0 aliphatic heterocycles. The summed E-state index contributed by atoms with van der Waals surface area (Å²) in [5.41, 5.74) is 22.9. The standard InChI is InChI=1S/C61H41N/c1-3-16-42(17-4-1)44-30-35-48(36-31-44)62(49-37-32-45(33-38-49)43-18-5-2-6-19-43)50-21-15-20-46(40-50)47-34-39-56-55-26-11-14-29-59(55)61(60(56)41-47)57-27-12-9-24-53(57)51-22-7-8-23-52(51)54-25-10-13-28-58(54)61/h1-41H. The molecular formula is C61H41N. The molecule has 10 aromatic carbocycles. The lowest BCUT2D eigenvalue weighted by molar-refractivity contribution is 0.775. The van der Waals surface area contributed by atoms with Gasteiger partial charge in [-0.3, -0.25) is 0 Å². The highest BCUT2D eigenvalue weighted by atomic mass is 15.1. The van der Waals surface area contributed by atoms with Gasteiger partial charge in [0.05, 0.1) is 5.41 Å². The third-order valence-corrected chi connectivity index (χ3v) is 13.1. The number of rotatable bonds is 6. The van der Waals surface area contributed by atoms with Crippen molar-refractivity contribution in [3.8, 4) is 66.8 Å². The molecule has 290 valence electrons. The summed E-state index contributed by atoms with van der Waals surface area (Å²) >= 11 is 0. The lowest BCUT2D eigenvalue weighted by atomic mass is 9.65. The van der Waals surface area contributed by atoms with Gasteiger partial charge < -0.3 is 4.90 Å². The number of hydrogen-bond acceptors (Lipinski definition) is 1. The van der Waals surface area contributed by atoms with E-state index >= 15 is 0 Å². The van der Waals surface area contributed by atoms with Crippen molar-refractivity contribution in [1.29, 1.82) is 0 Å². The van der Waals surface area contributed by atoms with Gasteiger partial charge in [-0.1, -0.05) is 206 Å². The fourth-order valence-electron chi connectivity index (χ4n) is 10.4. The molecule has 62 heavy (non-hydrogen) atoms. The minimum Gasteiger partial charge on any atom is -0.310 e. The molecule has 0 atom stereocenters. The van der Waals surface area contributed by atoms with E-state index in [1.165, 1.54) is 89.0 Å². The quantitative estimate of drug-likeness (QED) is 0.162. The van der Waals surface area contributed by atoms with E-state index in [1.807, 2.05) is 0 Å². The maximum absolute atomic E-state index is 2.49. The zero-order valence-corrected chi connectivity index (χ0v) is 34.1. The van der Waals surface area contributed by atoms with Gasteiger partial charge in [0.1, 0.15) is 0 Å². The number of nitrogens with zero attached hydrogens (tertiary/aromatic N) is 1. The molecule has 0 aromatic heterocycles. The van der Waals surface area contributed by atoms with Crippen molar-refractivity contribution in [2.75, 3.05) is 4.90 Å². The van der Waals surface area contributed by atoms with Crippen LogP contribution in [0.5, 0.6) is 0 Å². The van der Waals surface area contributed by atoms with E-state index in [-0.39, 0.29) is 0 Å². The molecule has 0 N–H and O–H groups in total. The van der Waals surface area contributed by atoms with E-state index < -0.39 is 5.41 Å². The maximum Gasteiger partial charge on any atom is 0.0725 e. The SMILES string of the molecule is c1ccc(-c2ccc(N(c3ccc(-c4ccccc4)cc3)c3cccc(-c4ccc5c(c4)C4(c6ccccc6-c6ccccc6-c6ccccc64)c4ccccc4-5)c3)cc2)cc1. The van der Waals surface area contributed by atoms with Crippen LogP contribution in [-0.4, -0.2) is 0 Å². The van der Waals surface area contributed by atoms with Gasteiger partial charge in [0.25, 0.3) is 0 Å². The van der Waals surface area contributed by atoms with Crippen LogP contribution in [0.1, 0.15) is 22.3 Å².